The van der Waals surface area contributed by atoms with Crippen molar-refractivity contribution in [1.29, 1.82) is 0 Å². The van der Waals surface area contributed by atoms with Gasteiger partial charge in [-0.2, -0.15) is 4.98 Å². The smallest absolute Gasteiger partial charge is 0.240 e. The van der Waals surface area contributed by atoms with Crippen LogP contribution in [0.4, 0.5) is 0 Å². The van der Waals surface area contributed by atoms with Crippen LogP contribution < -0.4 is 0 Å². The Balaban J connectivity index is 1.33. The van der Waals surface area contributed by atoms with Crippen molar-refractivity contribution in [3.8, 4) is 0 Å². The second-order valence-electron chi connectivity index (χ2n) is 6.59. The predicted octanol–water partition coefficient (Wildman–Crippen LogP) is 2.02. The summed E-state index contributed by atoms with van der Waals surface area (Å²) in [6, 6.07) is 0. The first-order valence-corrected chi connectivity index (χ1v) is 8.02. The van der Waals surface area contributed by atoms with Crippen molar-refractivity contribution < 1.29 is 9.26 Å². The second-order valence-corrected chi connectivity index (χ2v) is 6.59. The molecule has 5 heteroatoms. The van der Waals surface area contributed by atoms with Crippen LogP contribution in [0.15, 0.2) is 4.52 Å². The SMILES string of the molecule is C1COC2CCN(Cc3nc(CC4CC4)no3)CC2C1. The number of fused-ring (bicyclic) bond motifs is 1. The molecule has 1 aromatic heterocycles. The highest BCUT2D eigenvalue weighted by Gasteiger charge is 2.32. The van der Waals surface area contributed by atoms with E-state index < -0.39 is 0 Å². The quantitative estimate of drug-likeness (QED) is 0.843. The normalized spacial score (nSPS) is 31.2. The third-order valence-corrected chi connectivity index (χ3v) is 4.84. The number of rotatable bonds is 4. The Kier molecular flexibility index (Phi) is 3.48. The lowest BCUT2D eigenvalue weighted by Crippen LogP contribution is -2.45. The van der Waals surface area contributed by atoms with Crippen molar-refractivity contribution in [1.82, 2.24) is 15.0 Å². The fraction of sp³-hybridized carbons (Fsp3) is 0.867. The maximum atomic E-state index is 5.86. The van der Waals surface area contributed by atoms with Gasteiger partial charge in [0.2, 0.25) is 5.89 Å². The highest BCUT2D eigenvalue weighted by atomic mass is 16.5. The lowest BCUT2D eigenvalue weighted by molar-refractivity contribution is -0.0688. The third-order valence-electron chi connectivity index (χ3n) is 4.84. The van der Waals surface area contributed by atoms with Crippen molar-refractivity contribution in [2.45, 2.75) is 51.2 Å². The number of ether oxygens (including phenoxy) is 1. The Hall–Kier alpha value is -0.940. The summed E-state index contributed by atoms with van der Waals surface area (Å²) in [6.07, 6.45) is 7.82. The van der Waals surface area contributed by atoms with Crippen LogP contribution in [0.3, 0.4) is 0 Å². The van der Waals surface area contributed by atoms with Crippen LogP contribution in [0.25, 0.3) is 0 Å². The Morgan fingerprint density at radius 1 is 1.20 bits per heavy atom. The largest absolute Gasteiger partial charge is 0.378 e. The zero-order chi connectivity index (χ0) is 13.4. The Morgan fingerprint density at radius 3 is 3.05 bits per heavy atom. The highest BCUT2D eigenvalue weighted by molar-refractivity contribution is 4.93. The summed E-state index contributed by atoms with van der Waals surface area (Å²) in [7, 11) is 0. The van der Waals surface area contributed by atoms with E-state index in [0.29, 0.717) is 12.0 Å². The first-order valence-electron chi connectivity index (χ1n) is 8.02. The minimum atomic E-state index is 0.494. The molecule has 0 bridgehead atoms. The van der Waals surface area contributed by atoms with E-state index in [-0.39, 0.29) is 0 Å². The molecule has 0 aromatic carbocycles. The summed E-state index contributed by atoms with van der Waals surface area (Å²) in [4.78, 5) is 6.99. The molecule has 1 aliphatic carbocycles. The first kappa shape index (κ1) is 12.8. The van der Waals surface area contributed by atoms with Crippen LogP contribution in [0.1, 0.15) is 43.8 Å². The molecule has 1 saturated carbocycles. The van der Waals surface area contributed by atoms with Crippen LogP contribution in [-0.2, 0) is 17.7 Å². The van der Waals surface area contributed by atoms with E-state index in [0.717, 1.165) is 56.7 Å². The standard InChI is InChI=1S/C15H23N3O2/c1-2-12-9-18(6-5-13(12)19-7-1)10-15-16-14(17-20-15)8-11-3-4-11/h11-13H,1-10H2. The Labute approximate surface area is 119 Å². The lowest BCUT2D eigenvalue weighted by Gasteiger charge is -2.40. The second kappa shape index (κ2) is 5.45. The van der Waals surface area contributed by atoms with Crippen LogP contribution >= 0.6 is 0 Å². The lowest BCUT2D eigenvalue weighted by atomic mass is 9.88. The number of piperidine rings is 1. The summed E-state index contributed by atoms with van der Waals surface area (Å²) in [5.41, 5.74) is 0. The first-order chi connectivity index (χ1) is 9.87. The van der Waals surface area contributed by atoms with E-state index >= 15 is 0 Å². The van der Waals surface area contributed by atoms with Crippen molar-refractivity contribution in [3.05, 3.63) is 11.7 Å². The van der Waals surface area contributed by atoms with Crippen molar-refractivity contribution in [2.24, 2.45) is 11.8 Å². The van der Waals surface area contributed by atoms with Crippen molar-refractivity contribution in [3.63, 3.8) is 0 Å². The molecule has 2 aliphatic heterocycles. The molecule has 20 heavy (non-hydrogen) atoms. The number of hydrogen-bond acceptors (Lipinski definition) is 5. The molecule has 3 fully saturated rings. The van der Waals surface area contributed by atoms with Gasteiger partial charge in [-0.05, 0) is 43.9 Å². The monoisotopic (exact) mass is 277 g/mol. The fourth-order valence-electron chi connectivity index (χ4n) is 3.52. The predicted molar refractivity (Wildman–Crippen MR) is 73.1 cm³/mol. The van der Waals surface area contributed by atoms with Crippen LogP contribution in [0, 0.1) is 11.8 Å². The van der Waals surface area contributed by atoms with Gasteiger partial charge in [0.05, 0.1) is 12.6 Å². The van der Waals surface area contributed by atoms with E-state index in [1.165, 1.54) is 25.7 Å². The van der Waals surface area contributed by atoms with E-state index in [4.69, 9.17) is 9.26 Å². The van der Waals surface area contributed by atoms with Crippen LogP contribution in [0.5, 0.6) is 0 Å². The fourth-order valence-corrected chi connectivity index (χ4v) is 3.52. The van der Waals surface area contributed by atoms with Gasteiger partial charge in [-0.15, -0.1) is 0 Å². The number of aromatic nitrogens is 2. The molecule has 1 aromatic rings. The molecule has 0 spiro atoms. The molecule has 5 nitrogen and oxygen atoms in total. The molecule has 110 valence electrons. The van der Waals surface area contributed by atoms with Gasteiger partial charge < -0.3 is 9.26 Å². The molecule has 3 heterocycles. The number of likely N-dealkylation sites (tertiary alicyclic amines) is 1. The third kappa shape index (κ3) is 2.88. The van der Waals surface area contributed by atoms with E-state index in [9.17, 15) is 0 Å². The van der Waals surface area contributed by atoms with Gasteiger partial charge in [-0.3, -0.25) is 4.90 Å². The highest BCUT2D eigenvalue weighted by Crippen LogP contribution is 2.32. The minimum absolute atomic E-state index is 0.494. The van der Waals surface area contributed by atoms with Crippen molar-refractivity contribution in [2.75, 3.05) is 19.7 Å². The van der Waals surface area contributed by atoms with Gasteiger partial charge in [0.1, 0.15) is 0 Å². The van der Waals surface area contributed by atoms with E-state index in [1.54, 1.807) is 0 Å². The summed E-state index contributed by atoms with van der Waals surface area (Å²) in [5, 5.41) is 4.11. The van der Waals surface area contributed by atoms with Gasteiger partial charge in [-0.1, -0.05) is 5.16 Å². The average Bonchev–Trinajstić information content (AvgIpc) is 3.18. The Bertz CT molecular complexity index is 458. The zero-order valence-electron chi connectivity index (χ0n) is 12.0. The minimum Gasteiger partial charge on any atom is -0.378 e. The maximum absolute atomic E-state index is 5.86. The molecule has 2 saturated heterocycles. The number of nitrogens with zero attached hydrogens (tertiary/aromatic N) is 3. The van der Waals surface area contributed by atoms with Gasteiger partial charge in [0.15, 0.2) is 5.82 Å². The molecule has 0 amide bonds. The van der Waals surface area contributed by atoms with Crippen molar-refractivity contribution >= 4 is 0 Å². The molecule has 2 atom stereocenters. The Morgan fingerprint density at radius 2 is 2.15 bits per heavy atom. The van der Waals surface area contributed by atoms with Gasteiger partial charge in [0, 0.05) is 26.1 Å². The van der Waals surface area contributed by atoms with Gasteiger partial charge in [-0.25, -0.2) is 0 Å². The topological polar surface area (TPSA) is 51.4 Å². The van der Waals surface area contributed by atoms with E-state index in [2.05, 4.69) is 15.0 Å². The van der Waals surface area contributed by atoms with Crippen LogP contribution in [0.2, 0.25) is 0 Å². The van der Waals surface area contributed by atoms with Crippen LogP contribution in [-0.4, -0.2) is 40.8 Å². The number of hydrogen-bond donors (Lipinski definition) is 0. The maximum Gasteiger partial charge on any atom is 0.240 e. The molecule has 4 rings (SSSR count). The molecule has 0 radical (unpaired) electrons. The summed E-state index contributed by atoms with van der Waals surface area (Å²) >= 11 is 0. The van der Waals surface area contributed by atoms with Gasteiger partial charge in [0.25, 0.3) is 0 Å². The molecular formula is C15H23N3O2. The van der Waals surface area contributed by atoms with E-state index in [1.807, 2.05) is 0 Å². The molecular weight excluding hydrogens is 254 g/mol. The summed E-state index contributed by atoms with van der Waals surface area (Å²) in [6.45, 7) is 3.96. The average molecular weight is 277 g/mol. The zero-order valence-corrected chi connectivity index (χ0v) is 12.0. The summed E-state index contributed by atoms with van der Waals surface area (Å²) < 4.78 is 11.3. The molecule has 0 N–H and O–H groups in total. The summed E-state index contributed by atoms with van der Waals surface area (Å²) in [5.74, 6) is 3.20. The van der Waals surface area contributed by atoms with Gasteiger partial charge >= 0.3 is 0 Å². The molecule has 3 aliphatic rings. The molecule has 2 unspecified atom stereocenters.